The van der Waals surface area contributed by atoms with Crippen LogP contribution in [0.3, 0.4) is 0 Å². The molecule has 0 unspecified atom stereocenters. The maximum Gasteiger partial charge on any atom is 0.422 e. The molecule has 23 heavy (non-hydrogen) atoms. The lowest BCUT2D eigenvalue weighted by Crippen LogP contribution is -2.27. The first-order valence-corrected chi connectivity index (χ1v) is 6.64. The highest BCUT2D eigenvalue weighted by Gasteiger charge is 2.30. The number of amides is 1. The van der Waals surface area contributed by atoms with E-state index in [1.807, 2.05) is 0 Å². The zero-order valence-electron chi connectivity index (χ0n) is 12.5. The van der Waals surface area contributed by atoms with Gasteiger partial charge in [0.2, 0.25) is 5.88 Å². The first kappa shape index (κ1) is 16.8. The van der Waals surface area contributed by atoms with Crippen LogP contribution in [0.4, 0.5) is 13.2 Å². The second kappa shape index (κ2) is 6.67. The van der Waals surface area contributed by atoms with Crippen LogP contribution in [0.25, 0.3) is 0 Å². The molecule has 0 spiro atoms. The van der Waals surface area contributed by atoms with Crippen LogP contribution < -0.4 is 4.74 Å². The second-order valence-electron chi connectivity index (χ2n) is 4.94. The van der Waals surface area contributed by atoms with E-state index in [0.29, 0.717) is 0 Å². The topological polar surface area (TPSA) is 60.2 Å². The predicted molar refractivity (Wildman–Crippen MR) is 74.8 cm³/mol. The molecule has 2 aromatic heterocycles. The van der Waals surface area contributed by atoms with Gasteiger partial charge in [0.15, 0.2) is 6.61 Å². The highest BCUT2D eigenvalue weighted by molar-refractivity contribution is 5.96. The summed E-state index contributed by atoms with van der Waals surface area (Å²) in [6.07, 6.45) is 0.116. The number of nitrogens with zero attached hydrogens (tertiary/aromatic N) is 4. The van der Waals surface area contributed by atoms with Crippen LogP contribution in [-0.2, 0) is 13.6 Å². The molecule has 0 radical (unpaired) electrons. The van der Waals surface area contributed by atoms with Crippen LogP contribution in [0.1, 0.15) is 15.9 Å². The molecule has 0 N–H and O–H groups in total. The van der Waals surface area contributed by atoms with Crippen LogP contribution in [0.15, 0.2) is 30.7 Å². The first-order chi connectivity index (χ1) is 10.8. The number of rotatable bonds is 5. The van der Waals surface area contributed by atoms with Gasteiger partial charge < -0.3 is 9.64 Å². The van der Waals surface area contributed by atoms with Gasteiger partial charge in [0.1, 0.15) is 5.56 Å². The van der Waals surface area contributed by atoms with E-state index in [-0.39, 0.29) is 18.0 Å². The summed E-state index contributed by atoms with van der Waals surface area (Å²) in [5.74, 6) is -0.827. The summed E-state index contributed by atoms with van der Waals surface area (Å²) in [4.78, 5) is 17.5. The number of hydrogen-bond acceptors (Lipinski definition) is 4. The number of pyridine rings is 1. The summed E-state index contributed by atoms with van der Waals surface area (Å²) in [5, 5.41) is 3.99. The highest BCUT2D eigenvalue weighted by Crippen LogP contribution is 2.21. The summed E-state index contributed by atoms with van der Waals surface area (Å²) >= 11 is 0. The number of alkyl halides is 3. The largest absolute Gasteiger partial charge is 0.467 e. The van der Waals surface area contributed by atoms with Crippen molar-refractivity contribution in [3.8, 4) is 5.88 Å². The van der Waals surface area contributed by atoms with Crippen molar-refractivity contribution in [2.45, 2.75) is 12.7 Å². The zero-order chi connectivity index (χ0) is 17.0. The number of halogens is 3. The molecule has 0 saturated carbocycles. The lowest BCUT2D eigenvalue weighted by Gasteiger charge is -2.18. The van der Waals surface area contributed by atoms with E-state index in [2.05, 4.69) is 14.8 Å². The molecule has 1 amide bonds. The van der Waals surface area contributed by atoms with E-state index in [0.717, 1.165) is 5.56 Å². The molecule has 0 fully saturated rings. The Labute approximate surface area is 130 Å². The third kappa shape index (κ3) is 4.70. The molecule has 2 rings (SSSR count). The van der Waals surface area contributed by atoms with Crippen molar-refractivity contribution in [3.63, 3.8) is 0 Å². The fourth-order valence-electron chi connectivity index (χ4n) is 1.92. The van der Waals surface area contributed by atoms with E-state index in [4.69, 9.17) is 0 Å². The monoisotopic (exact) mass is 328 g/mol. The van der Waals surface area contributed by atoms with Gasteiger partial charge in [-0.05, 0) is 12.1 Å². The van der Waals surface area contributed by atoms with E-state index in [1.54, 1.807) is 24.1 Å². The zero-order valence-corrected chi connectivity index (χ0v) is 12.5. The Bertz CT molecular complexity index is 685. The van der Waals surface area contributed by atoms with Gasteiger partial charge in [-0.15, -0.1) is 0 Å². The smallest absolute Gasteiger partial charge is 0.422 e. The van der Waals surface area contributed by atoms with Gasteiger partial charge in [-0.3, -0.25) is 9.48 Å². The predicted octanol–water partition coefficient (Wildman–Crippen LogP) is 2.03. The molecule has 0 atom stereocenters. The van der Waals surface area contributed by atoms with Crippen LogP contribution in [-0.4, -0.2) is 45.4 Å². The highest BCUT2D eigenvalue weighted by atomic mass is 19.4. The molecule has 0 bridgehead atoms. The standard InChI is InChI=1S/C14H15F3N4O2/c1-20(7-10-6-19-21(2)8-10)13(22)11-4-3-5-18-12(11)23-9-14(15,16)17/h3-6,8H,7,9H2,1-2H3. The van der Waals surface area contributed by atoms with Crippen molar-refractivity contribution in [2.24, 2.45) is 7.05 Å². The number of aromatic nitrogens is 3. The van der Waals surface area contributed by atoms with Gasteiger partial charge >= 0.3 is 6.18 Å². The van der Waals surface area contributed by atoms with Crippen LogP contribution in [0.2, 0.25) is 0 Å². The van der Waals surface area contributed by atoms with Gasteiger partial charge in [-0.1, -0.05) is 0 Å². The van der Waals surface area contributed by atoms with Crippen LogP contribution in [0, 0.1) is 0 Å². The van der Waals surface area contributed by atoms with Gasteiger partial charge in [0.05, 0.1) is 6.20 Å². The molecular weight excluding hydrogens is 313 g/mol. The lowest BCUT2D eigenvalue weighted by molar-refractivity contribution is -0.154. The summed E-state index contributed by atoms with van der Waals surface area (Å²) < 4.78 is 43.0. The fourth-order valence-corrected chi connectivity index (χ4v) is 1.92. The Kier molecular flexibility index (Phi) is 4.87. The lowest BCUT2D eigenvalue weighted by atomic mass is 10.2. The Balaban J connectivity index is 2.12. The van der Waals surface area contributed by atoms with Crippen LogP contribution in [0.5, 0.6) is 5.88 Å². The maximum absolute atomic E-state index is 12.4. The molecule has 0 saturated heterocycles. The first-order valence-electron chi connectivity index (χ1n) is 6.64. The van der Waals surface area contributed by atoms with Crippen molar-refractivity contribution in [3.05, 3.63) is 41.9 Å². The van der Waals surface area contributed by atoms with Gasteiger partial charge in [-0.2, -0.15) is 18.3 Å². The minimum absolute atomic E-state index is 0.0249. The Hall–Kier alpha value is -2.58. The second-order valence-corrected chi connectivity index (χ2v) is 4.94. The third-order valence-corrected chi connectivity index (χ3v) is 2.90. The summed E-state index contributed by atoms with van der Waals surface area (Å²) in [5.41, 5.74) is 0.771. The van der Waals surface area contributed by atoms with E-state index < -0.39 is 18.7 Å². The van der Waals surface area contributed by atoms with Crippen molar-refractivity contribution in [2.75, 3.05) is 13.7 Å². The SMILES string of the molecule is CN(Cc1cnn(C)c1)C(=O)c1cccnc1OCC(F)(F)F. The fraction of sp³-hybridized carbons (Fsp3) is 0.357. The van der Waals surface area contributed by atoms with Crippen LogP contribution >= 0.6 is 0 Å². The average molecular weight is 328 g/mol. The minimum Gasteiger partial charge on any atom is -0.467 e. The molecular formula is C14H15F3N4O2. The van der Waals surface area contributed by atoms with Crippen molar-refractivity contribution in [1.82, 2.24) is 19.7 Å². The third-order valence-electron chi connectivity index (χ3n) is 2.90. The molecule has 124 valence electrons. The van der Waals surface area contributed by atoms with Crippen molar-refractivity contribution in [1.29, 1.82) is 0 Å². The summed E-state index contributed by atoms with van der Waals surface area (Å²) in [6, 6.07) is 2.84. The summed E-state index contributed by atoms with van der Waals surface area (Å²) in [7, 11) is 3.28. The number of ether oxygens (including phenoxy) is 1. The van der Waals surface area contributed by atoms with E-state index >= 15 is 0 Å². The average Bonchev–Trinajstić information content (AvgIpc) is 2.89. The number of carbonyl (C=O) groups is 1. The molecule has 2 aromatic rings. The van der Waals surface area contributed by atoms with Crippen molar-refractivity contribution < 1.29 is 22.7 Å². The Morgan fingerprint density at radius 2 is 2.17 bits per heavy atom. The molecule has 0 aromatic carbocycles. The van der Waals surface area contributed by atoms with Gasteiger partial charge in [0.25, 0.3) is 5.91 Å². The molecule has 0 aliphatic carbocycles. The van der Waals surface area contributed by atoms with E-state index in [1.165, 1.54) is 30.3 Å². The van der Waals surface area contributed by atoms with Crippen molar-refractivity contribution >= 4 is 5.91 Å². The Morgan fingerprint density at radius 3 is 2.78 bits per heavy atom. The quantitative estimate of drug-likeness (QED) is 0.843. The van der Waals surface area contributed by atoms with Gasteiger partial charge in [-0.25, -0.2) is 4.98 Å². The van der Waals surface area contributed by atoms with E-state index in [9.17, 15) is 18.0 Å². The Morgan fingerprint density at radius 1 is 1.43 bits per heavy atom. The maximum atomic E-state index is 12.4. The molecule has 0 aliphatic heterocycles. The van der Waals surface area contributed by atoms with Gasteiger partial charge in [0, 0.05) is 38.6 Å². The number of hydrogen-bond donors (Lipinski definition) is 0. The molecule has 0 aliphatic rings. The summed E-state index contributed by atoms with van der Waals surface area (Å²) in [6.45, 7) is -1.24. The number of carbonyl (C=O) groups excluding carboxylic acids is 1. The minimum atomic E-state index is -4.50. The number of aryl methyl sites for hydroxylation is 1. The normalized spacial score (nSPS) is 11.3. The molecule has 6 nitrogen and oxygen atoms in total. The molecule has 9 heteroatoms. The molecule has 2 heterocycles.